The molecule has 1 aromatic rings. The SMILES string of the molecule is CC(C)CN1CCO[C@H](CCNC(=O)c2ccc[nH]2)C1. The summed E-state index contributed by atoms with van der Waals surface area (Å²) >= 11 is 0. The molecule has 0 unspecified atom stereocenters. The van der Waals surface area contributed by atoms with E-state index in [-0.39, 0.29) is 12.0 Å². The Morgan fingerprint density at radius 3 is 3.15 bits per heavy atom. The monoisotopic (exact) mass is 279 g/mol. The fraction of sp³-hybridized carbons (Fsp3) is 0.667. The maximum atomic E-state index is 11.8. The molecule has 112 valence electrons. The highest BCUT2D eigenvalue weighted by Gasteiger charge is 2.20. The number of hydrogen-bond acceptors (Lipinski definition) is 3. The van der Waals surface area contributed by atoms with Gasteiger partial charge in [-0.05, 0) is 24.5 Å². The van der Waals surface area contributed by atoms with Crippen LogP contribution in [0.25, 0.3) is 0 Å². The molecule has 0 aliphatic carbocycles. The van der Waals surface area contributed by atoms with Gasteiger partial charge in [0.2, 0.25) is 0 Å². The van der Waals surface area contributed by atoms with Gasteiger partial charge in [0.05, 0.1) is 12.7 Å². The highest BCUT2D eigenvalue weighted by Crippen LogP contribution is 2.10. The van der Waals surface area contributed by atoms with E-state index in [4.69, 9.17) is 4.74 Å². The summed E-state index contributed by atoms with van der Waals surface area (Å²) in [5, 5.41) is 2.92. The van der Waals surface area contributed by atoms with Crippen LogP contribution in [0.5, 0.6) is 0 Å². The molecule has 0 bridgehead atoms. The number of H-pyrrole nitrogens is 1. The summed E-state index contributed by atoms with van der Waals surface area (Å²) in [6.45, 7) is 9.02. The van der Waals surface area contributed by atoms with E-state index < -0.39 is 0 Å². The molecule has 2 N–H and O–H groups in total. The van der Waals surface area contributed by atoms with Crippen molar-refractivity contribution in [2.24, 2.45) is 5.92 Å². The number of aromatic nitrogens is 1. The van der Waals surface area contributed by atoms with Gasteiger partial charge in [0.25, 0.3) is 5.91 Å². The zero-order chi connectivity index (χ0) is 14.4. The highest BCUT2D eigenvalue weighted by molar-refractivity contribution is 5.92. The number of nitrogens with zero attached hydrogens (tertiary/aromatic N) is 1. The first kappa shape index (κ1) is 15.1. The molecule has 1 aliphatic heterocycles. The molecular weight excluding hydrogens is 254 g/mol. The Morgan fingerprint density at radius 1 is 1.60 bits per heavy atom. The van der Waals surface area contributed by atoms with Crippen LogP contribution in [0.15, 0.2) is 18.3 Å². The van der Waals surface area contributed by atoms with Crippen LogP contribution in [0.2, 0.25) is 0 Å². The smallest absolute Gasteiger partial charge is 0.267 e. The number of rotatable bonds is 6. The lowest BCUT2D eigenvalue weighted by molar-refractivity contribution is -0.0344. The molecule has 1 saturated heterocycles. The predicted octanol–water partition coefficient (Wildman–Crippen LogP) is 1.49. The van der Waals surface area contributed by atoms with Crippen molar-refractivity contribution in [1.29, 1.82) is 0 Å². The van der Waals surface area contributed by atoms with Crippen molar-refractivity contribution < 1.29 is 9.53 Å². The average Bonchev–Trinajstić information content (AvgIpc) is 2.92. The summed E-state index contributed by atoms with van der Waals surface area (Å²) in [5.41, 5.74) is 0.607. The summed E-state index contributed by atoms with van der Waals surface area (Å²) in [6, 6.07) is 3.60. The van der Waals surface area contributed by atoms with E-state index in [2.05, 4.69) is 29.0 Å². The van der Waals surface area contributed by atoms with Crippen molar-refractivity contribution in [1.82, 2.24) is 15.2 Å². The first-order valence-corrected chi connectivity index (χ1v) is 7.40. The molecule has 0 radical (unpaired) electrons. The third-order valence-corrected chi connectivity index (χ3v) is 3.44. The van der Waals surface area contributed by atoms with Crippen molar-refractivity contribution in [2.45, 2.75) is 26.4 Å². The molecule has 1 aliphatic rings. The molecule has 5 heteroatoms. The molecule has 1 atom stereocenters. The second kappa shape index (κ2) is 7.45. The fourth-order valence-corrected chi connectivity index (χ4v) is 2.55. The molecule has 5 nitrogen and oxygen atoms in total. The van der Waals surface area contributed by atoms with Crippen molar-refractivity contribution in [3.05, 3.63) is 24.0 Å². The topological polar surface area (TPSA) is 57.4 Å². The van der Waals surface area contributed by atoms with Crippen LogP contribution >= 0.6 is 0 Å². The average molecular weight is 279 g/mol. The minimum atomic E-state index is -0.0511. The van der Waals surface area contributed by atoms with Crippen LogP contribution in [0.4, 0.5) is 0 Å². The Bertz CT molecular complexity index is 403. The third kappa shape index (κ3) is 4.65. The van der Waals surface area contributed by atoms with Crippen LogP contribution in [0.1, 0.15) is 30.8 Å². The lowest BCUT2D eigenvalue weighted by Gasteiger charge is -2.33. The predicted molar refractivity (Wildman–Crippen MR) is 78.8 cm³/mol. The molecule has 1 fully saturated rings. The number of amides is 1. The number of aromatic amines is 1. The van der Waals surface area contributed by atoms with E-state index in [0.717, 1.165) is 32.7 Å². The summed E-state index contributed by atoms with van der Waals surface area (Å²) in [6.07, 6.45) is 2.84. The van der Waals surface area contributed by atoms with Crippen LogP contribution in [0, 0.1) is 5.92 Å². The highest BCUT2D eigenvalue weighted by atomic mass is 16.5. The minimum Gasteiger partial charge on any atom is -0.375 e. The van der Waals surface area contributed by atoms with Crippen LogP contribution in [0.3, 0.4) is 0 Å². The Balaban J connectivity index is 1.67. The zero-order valence-electron chi connectivity index (χ0n) is 12.4. The largest absolute Gasteiger partial charge is 0.375 e. The van der Waals surface area contributed by atoms with Gasteiger partial charge in [-0.15, -0.1) is 0 Å². The third-order valence-electron chi connectivity index (χ3n) is 3.44. The van der Waals surface area contributed by atoms with Gasteiger partial charge in [0.15, 0.2) is 0 Å². The molecule has 0 saturated carbocycles. The molecule has 0 spiro atoms. The molecular formula is C15H25N3O2. The van der Waals surface area contributed by atoms with Crippen molar-refractivity contribution in [3.63, 3.8) is 0 Å². The lowest BCUT2D eigenvalue weighted by Crippen LogP contribution is -2.45. The number of carbonyl (C=O) groups excluding carboxylic acids is 1. The van der Waals surface area contributed by atoms with E-state index in [0.29, 0.717) is 18.2 Å². The summed E-state index contributed by atoms with van der Waals surface area (Å²) in [5.74, 6) is 0.631. The van der Waals surface area contributed by atoms with E-state index in [1.165, 1.54) is 0 Å². The zero-order valence-corrected chi connectivity index (χ0v) is 12.4. The van der Waals surface area contributed by atoms with Crippen LogP contribution in [-0.4, -0.2) is 54.7 Å². The van der Waals surface area contributed by atoms with Gasteiger partial charge in [-0.1, -0.05) is 13.8 Å². The second-order valence-corrected chi connectivity index (χ2v) is 5.77. The van der Waals surface area contributed by atoms with Crippen molar-refractivity contribution in [2.75, 3.05) is 32.8 Å². The molecule has 20 heavy (non-hydrogen) atoms. The van der Waals surface area contributed by atoms with E-state index in [1.54, 1.807) is 12.3 Å². The summed E-state index contributed by atoms with van der Waals surface area (Å²) in [7, 11) is 0. The van der Waals surface area contributed by atoms with Gasteiger partial charge in [-0.3, -0.25) is 9.69 Å². The first-order valence-electron chi connectivity index (χ1n) is 7.40. The lowest BCUT2D eigenvalue weighted by atomic mass is 10.1. The van der Waals surface area contributed by atoms with Gasteiger partial charge in [0, 0.05) is 32.4 Å². The molecule has 2 heterocycles. The maximum Gasteiger partial charge on any atom is 0.267 e. The number of ether oxygens (including phenoxy) is 1. The fourth-order valence-electron chi connectivity index (χ4n) is 2.55. The van der Waals surface area contributed by atoms with Crippen LogP contribution in [-0.2, 0) is 4.74 Å². The molecule has 0 aromatic carbocycles. The van der Waals surface area contributed by atoms with E-state index in [9.17, 15) is 4.79 Å². The van der Waals surface area contributed by atoms with Gasteiger partial charge < -0.3 is 15.0 Å². The Morgan fingerprint density at radius 2 is 2.45 bits per heavy atom. The minimum absolute atomic E-state index is 0.0511. The van der Waals surface area contributed by atoms with Gasteiger partial charge >= 0.3 is 0 Å². The molecule has 1 amide bonds. The number of morpholine rings is 1. The Hall–Kier alpha value is -1.33. The standard InChI is InChI=1S/C15H25N3O2/c1-12(2)10-18-8-9-20-13(11-18)5-7-17-15(19)14-4-3-6-16-14/h3-4,6,12-13,16H,5,7-11H2,1-2H3,(H,17,19)/t13-/m1/s1. The van der Waals surface area contributed by atoms with E-state index in [1.807, 2.05) is 6.07 Å². The maximum absolute atomic E-state index is 11.8. The quantitative estimate of drug-likeness (QED) is 0.829. The molecule has 2 rings (SSSR count). The van der Waals surface area contributed by atoms with E-state index >= 15 is 0 Å². The summed E-state index contributed by atoms with van der Waals surface area (Å²) < 4.78 is 5.76. The summed E-state index contributed by atoms with van der Waals surface area (Å²) in [4.78, 5) is 17.1. The number of carbonyl (C=O) groups is 1. The van der Waals surface area contributed by atoms with Crippen molar-refractivity contribution >= 4 is 5.91 Å². The van der Waals surface area contributed by atoms with Gasteiger partial charge in [-0.2, -0.15) is 0 Å². The van der Waals surface area contributed by atoms with Gasteiger partial charge in [0.1, 0.15) is 5.69 Å². The van der Waals surface area contributed by atoms with Gasteiger partial charge in [-0.25, -0.2) is 0 Å². The Kier molecular flexibility index (Phi) is 5.61. The Labute approximate surface area is 120 Å². The number of hydrogen-bond donors (Lipinski definition) is 2. The first-order chi connectivity index (χ1) is 9.65. The number of nitrogens with one attached hydrogen (secondary N) is 2. The molecule has 1 aromatic heterocycles. The second-order valence-electron chi connectivity index (χ2n) is 5.77. The normalized spacial score (nSPS) is 20.2. The van der Waals surface area contributed by atoms with Crippen molar-refractivity contribution in [3.8, 4) is 0 Å². The van der Waals surface area contributed by atoms with Crippen LogP contribution < -0.4 is 5.32 Å².